The number of imidazole rings is 1. The molecule has 4 heteroatoms. The molecule has 0 saturated heterocycles. The molecule has 0 aliphatic carbocycles. The molecule has 3 nitrogen and oxygen atoms in total. The molecule has 1 atom stereocenters. The summed E-state index contributed by atoms with van der Waals surface area (Å²) in [5.41, 5.74) is 2.95. The summed E-state index contributed by atoms with van der Waals surface area (Å²) in [5, 5.41) is 0. The Hall–Kier alpha value is -1.09. The fourth-order valence-corrected chi connectivity index (χ4v) is 2.63. The molecule has 0 radical (unpaired) electrons. The first-order valence-electron chi connectivity index (χ1n) is 6.61. The third kappa shape index (κ3) is 2.37. The standard InChI is InChI=1S/C14H20ClN3/c1-4-6-11(5-2)18-13(9-15)17-12-8-7-10(3)16-14(12)18/h7-8,11H,4-6,9H2,1-3H3. The maximum absolute atomic E-state index is 6.03. The van der Waals surface area contributed by atoms with Crippen molar-refractivity contribution in [1.82, 2.24) is 14.5 Å². The van der Waals surface area contributed by atoms with Gasteiger partial charge in [-0.25, -0.2) is 9.97 Å². The smallest absolute Gasteiger partial charge is 0.160 e. The molecule has 98 valence electrons. The van der Waals surface area contributed by atoms with E-state index in [9.17, 15) is 0 Å². The first-order chi connectivity index (χ1) is 8.71. The normalized spacial score (nSPS) is 13.1. The molecule has 0 bridgehead atoms. The maximum atomic E-state index is 6.03. The largest absolute Gasteiger partial charge is 0.309 e. The summed E-state index contributed by atoms with van der Waals surface area (Å²) in [5.74, 6) is 1.38. The summed E-state index contributed by atoms with van der Waals surface area (Å²) in [6.07, 6.45) is 3.38. The summed E-state index contributed by atoms with van der Waals surface area (Å²) in [6, 6.07) is 4.48. The summed E-state index contributed by atoms with van der Waals surface area (Å²) >= 11 is 6.03. The highest BCUT2D eigenvalue weighted by Gasteiger charge is 2.17. The van der Waals surface area contributed by atoms with Gasteiger partial charge in [0.25, 0.3) is 0 Å². The number of fused-ring (bicyclic) bond motifs is 1. The van der Waals surface area contributed by atoms with Gasteiger partial charge in [-0.2, -0.15) is 0 Å². The molecule has 0 N–H and O–H groups in total. The van der Waals surface area contributed by atoms with Gasteiger partial charge in [-0.3, -0.25) is 0 Å². The number of rotatable bonds is 5. The Morgan fingerprint density at radius 3 is 2.67 bits per heavy atom. The minimum absolute atomic E-state index is 0.440. The van der Waals surface area contributed by atoms with Crippen LogP contribution in [0.4, 0.5) is 0 Å². The van der Waals surface area contributed by atoms with Crippen molar-refractivity contribution in [3.8, 4) is 0 Å². The summed E-state index contributed by atoms with van der Waals surface area (Å²) in [7, 11) is 0. The summed E-state index contributed by atoms with van der Waals surface area (Å²) in [6.45, 7) is 6.43. The zero-order valence-corrected chi connectivity index (χ0v) is 12.0. The third-order valence-electron chi connectivity index (χ3n) is 3.33. The SMILES string of the molecule is CCCC(CC)n1c(CCl)nc2ccc(C)nc21. The van der Waals surface area contributed by atoms with Crippen LogP contribution in [0.5, 0.6) is 0 Å². The van der Waals surface area contributed by atoms with E-state index in [2.05, 4.69) is 28.4 Å². The quantitative estimate of drug-likeness (QED) is 0.758. The van der Waals surface area contributed by atoms with Gasteiger partial charge in [-0.1, -0.05) is 20.3 Å². The van der Waals surface area contributed by atoms with Gasteiger partial charge < -0.3 is 4.57 Å². The number of nitrogens with zero attached hydrogens (tertiary/aromatic N) is 3. The lowest BCUT2D eigenvalue weighted by atomic mass is 10.1. The average Bonchev–Trinajstić information content (AvgIpc) is 2.73. The Labute approximate surface area is 113 Å². The van der Waals surface area contributed by atoms with E-state index >= 15 is 0 Å². The van der Waals surface area contributed by atoms with Gasteiger partial charge in [0.2, 0.25) is 0 Å². The lowest BCUT2D eigenvalue weighted by molar-refractivity contribution is 0.446. The van der Waals surface area contributed by atoms with Crippen LogP contribution in [0.15, 0.2) is 12.1 Å². The molecule has 0 spiro atoms. The highest BCUT2D eigenvalue weighted by atomic mass is 35.5. The molecule has 2 rings (SSSR count). The zero-order valence-electron chi connectivity index (χ0n) is 11.3. The second-order valence-electron chi connectivity index (χ2n) is 4.68. The van der Waals surface area contributed by atoms with Crippen LogP contribution in [0.25, 0.3) is 11.2 Å². The Morgan fingerprint density at radius 1 is 1.28 bits per heavy atom. The van der Waals surface area contributed by atoms with Crippen LogP contribution in [0, 0.1) is 6.92 Å². The number of halogens is 1. The van der Waals surface area contributed by atoms with Crippen LogP contribution >= 0.6 is 11.6 Å². The maximum Gasteiger partial charge on any atom is 0.160 e. The minimum atomic E-state index is 0.440. The monoisotopic (exact) mass is 265 g/mol. The molecular formula is C14H20ClN3. The van der Waals surface area contributed by atoms with Gasteiger partial charge >= 0.3 is 0 Å². The fraction of sp³-hybridized carbons (Fsp3) is 0.571. The Morgan fingerprint density at radius 2 is 2.06 bits per heavy atom. The molecule has 2 aromatic heterocycles. The molecule has 0 saturated carbocycles. The van der Waals surface area contributed by atoms with Crippen molar-refractivity contribution in [2.45, 2.75) is 52.0 Å². The molecule has 2 heterocycles. The van der Waals surface area contributed by atoms with E-state index in [1.807, 2.05) is 19.1 Å². The predicted molar refractivity (Wildman–Crippen MR) is 76.1 cm³/mol. The highest BCUT2D eigenvalue weighted by Crippen LogP contribution is 2.26. The summed E-state index contributed by atoms with van der Waals surface area (Å²) in [4.78, 5) is 9.23. The number of hydrogen-bond donors (Lipinski definition) is 0. The minimum Gasteiger partial charge on any atom is -0.309 e. The van der Waals surface area contributed by atoms with Crippen molar-refractivity contribution in [3.63, 3.8) is 0 Å². The van der Waals surface area contributed by atoms with Crippen molar-refractivity contribution >= 4 is 22.8 Å². The van der Waals surface area contributed by atoms with Gasteiger partial charge in [0, 0.05) is 11.7 Å². The van der Waals surface area contributed by atoms with E-state index in [1.54, 1.807) is 0 Å². The van der Waals surface area contributed by atoms with Crippen LogP contribution in [0.3, 0.4) is 0 Å². The van der Waals surface area contributed by atoms with E-state index in [-0.39, 0.29) is 0 Å². The molecule has 0 aromatic carbocycles. The van der Waals surface area contributed by atoms with E-state index in [1.165, 1.54) is 0 Å². The van der Waals surface area contributed by atoms with Crippen molar-refractivity contribution in [2.75, 3.05) is 0 Å². The van der Waals surface area contributed by atoms with Crippen molar-refractivity contribution in [3.05, 3.63) is 23.7 Å². The van der Waals surface area contributed by atoms with Gasteiger partial charge in [-0.05, 0) is 31.9 Å². The van der Waals surface area contributed by atoms with Crippen LogP contribution in [-0.4, -0.2) is 14.5 Å². The zero-order chi connectivity index (χ0) is 13.1. The van der Waals surface area contributed by atoms with E-state index in [0.29, 0.717) is 11.9 Å². The molecule has 0 aliphatic rings. The van der Waals surface area contributed by atoms with E-state index in [0.717, 1.165) is 41.9 Å². The van der Waals surface area contributed by atoms with Crippen molar-refractivity contribution in [2.24, 2.45) is 0 Å². The number of aromatic nitrogens is 3. The molecule has 0 fully saturated rings. The van der Waals surface area contributed by atoms with E-state index < -0.39 is 0 Å². The lowest BCUT2D eigenvalue weighted by Gasteiger charge is -2.18. The van der Waals surface area contributed by atoms with Crippen LogP contribution in [0.2, 0.25) is 0 Å². The Bertz CT molecular complexity index is 533. The van der Waals surface area contributed by atoms with Crippen molar-refractivity contribution < 1.29 is 0 Å². The van der Waals surface area contributed by atoms with Gasteiger partial charge in [0.15, 0.2) is 5.65 Å². The Kier molecular flexibility index (Phi) is 4.23. The number of pyridine rings is 1. The predicted octanol–water partition coefficient (Wildman–Crippen LogP) is 4.23. The fourth-order valence-electron chi connectivity index (χ4n) is 2.44. The van der Waals surface area contributed by atoms with E-state index in [4.69, 9.17) is 11.6 Å². The van der Waals surface area contributed by atoms with Crippen LogP contribution in [-0.2, 0) is 5.88 Å². The third-order valence-corrected chi connectivity index (χ3v) is 3.57. The number of aryl methyl sites for hydroxylation is 1. The van der Waals surface area contributed by atoms with Gasteiger partial charge in [0.05, 0.1) is 5.88 Å². The molecule has 0 amide bonds. The number of hydrogen-bond acceptors (Lipinski definition) is 2. The van der Waals surface area contributed by atoms with Gasteiger partial charge in [0.1, 0.15) is 11.3 Å². The van der Waals surface area contributed by atoms with Crippen LogP contribution in [0.1, 0.15) is 50.7 Å². The lowest BCUT2D eigenvalue weighted by Crippen LogP contribution is -2.11. The molecule has 18 heavy (non-hydrogen) atoms. The second kappa shape index (κ2) is 5.70. The molecule has 2 aromatic rings. The van der Waals surface area contributed by atoms with Gasteiger partial charge in [-0.15, -0.1) is 11.6 Å². The molecule has 1 unspecified atom stereocenters. The number of alkyl halides is 1. The second-order valence-corrected chi connectivity index (χ2v) is 4.95. The van der Waals surface area contributed by atoms with Crippen LogP contribution < -0.4 is 0 Å². The van der Waals surface area contributed by atoms with Crippen molar-refractivity contribution in [1.29, 1.82) is 0 Å². The highest BCUT2D eigenvalue weighted by molar-refractivity contribution is 6.16. The topological polar surface area (TPSA) is 30.7 Å². The summed E-state index contributed by atoms with van der Waals surface area (Å²) < 4.78 is 2.23. The Balaban J connectivity index is 2.60. The first-order valence-corrected chi connectivity index (χ1v) is 7.15. The molecular weight excluding hydrogens is 246 g/mol. The first kappa shape index (κ1) is 13.3. The average molecular weight is 266 g/mol. The molecule has 0 aliphatic heterocycles.